The minimum atomic E-state index is -0.328. The van der Waals surface area contributed by atoms with E-state index in [2.05, 4.69) is 31.2 Å². The Balaban J connectivity index is 1.40. The number of benzene rings is 3. The lowest BCUT2D eigenvalue weighted by molar-refractivity contribution is -0.113. The molecule has 3 heterocycles. The summed E-state index contributed by atoms with van der Waals surface area (Å²) in [5, 5.41) is 4.92. The first-order valence-corrected chi connectivity index (χ1v) is 16.1. The Morgan fingerprint density at radius 2 is 1.58 bits per heavy atom. The smallest absolute Gasteiger partial charge is 0.283 e. The van der Waals surface area contributed by atoms with Gasteiger partial charge in [-0.3, -0.25) is 19.2 Å². The van der Waals surface area contributed by atoms with E-state index in [-0.39, 0.29) is 17.2 Å². The third kappa shape index (κ3) is 5.53. The summed E-state index contributed by atoms with van der Waals surface area (Å²) in [6.45, 7) is 3.99. The Labute approximate surface area is 263 Å². The number of aromatic nitrogens is 4. The second kappa shape index (κ2) is 12.2. The van der Waals surface area contributed by atoms with Crippen molar-refractivity contribution in [2.45, 2.75) is 25.2 Å². The first-order chi connectivity index (χ1) is 20.9. The Bertz CT molecular complexity index is 1910. The van der Waals surface area contributed by atoms with Gasteiger partial charge in [-0.05, 0) is 61.6 Å². The fourth-order valence-electron chi connectivity index (χ4n) is 4.97. The van der Waals surface area contributed by atoms with E-state index in [1.807, 2.05) is 96.3 Å². The number of para-hydroxylation sites is 2. The number of thioether (sulfide) groups is 2. The Morgan fingerprint density at radius 3 is 2.23 bits per heavy atom. The summed E-state index contributed by atoms with van der Waals surface area (Å²) in [7, 11) is 1.80. The molecule has 0 aliphatic carbocycles. The number of hydrogen-bond donors (Lipinski definition) is 0. The lowest BCUT2D eigenvalue weighted by Crippen LogP contribution is -2.33. The number of carbonyl (C=O) groups excluding carboxylic acids is 1. The molecule has 0 radical (unpaired) electrons. The SMILES string of the molecule is CCCSc1ccc(-c2nn(-c3ccccc3)cc2/C=C2\SC(=S)N(c3c(C)n(C)n(-c4ccccc4)c3=O)C2=O)cc1. The maximum atomic E-state index is 13.9. The van der Waals surface area contributed by atoms with Gasteiger partial charge in [0.15, 0.2) is 4.32 Å². The van der Waals surface area contributed by atoms with Gasteiger partial charge in [-0.25, -0.2) is 9.36 Å². The number of rotatable bonds is 8. The molecule has 1 aliphatic heterocycles. The zero-order valence-corrected chi connectivity index (χ0v) is 26.4. The predicted octanol–water partition coefficient (Wildman–Crippen LogP) is 7.25. The van der Waals surface area contributed by atoms with Gasteiger partial charge in [0.25, 0.3) is 11.5 Å². The minimum absolute atomic E-state index is 0.262. The van der Waals surface area contributed by atoms with Crippen molar-refractivity contribution >= 4 is 57.7 Å². The molecule has 7 nitrogen and oxygen atoms in total. The van der Waals surface area contributed by atoms with E-state index >= 15 is 0 Å². The molecular formula is C33H29N5O2S3. The van der Waals surface area contributed by atoms with Crippen molar-refractivity contribution < 1.29 is 4.79 Å². The summed E-state index contributed by atoms with van der Waals surface area (Å²) in [5.74, 6) is 0.734. The largest absolute Gasteiger partial charge is 0.296 e. The number of anilines is 1. The van der Waals surface area contributed by atoms with E-state index in [1.165, 1.54) is 21.6 Å². The van der Waals surface area contributed by atoms with E-state index in [9.17, 15) is 9.59 Å². The standard InChI is InChI=1S/C33H29N5O2S3/c1-4-19-42-27-17-15-23(16-18-27)29-24(21-36(34-29)25-11-7-5-8-12-25)20-28-31(39)37(33(41)43-28)30-22(2)35(3)38(32(30)40)26-13-9-6-10-14-26/h5-18,20-21H,4,19H2,1-3H3/b28-20-. The van der Waals surface area contributed by atoms with Crippen molar-refractivity contribution in [1.29, 1.82) is 0 Å². The molecule has 6 rings (SSSR count). The van der Waals surface area contributed by atoms with Gasteiger partial charge in [0, 0.05) is 29.3 Å². The number of amides is 1. The molecule has 43 heavy (non-hydrogen) atoms. The Hall–Kier alpha value is -4.12. The van der Waals surface area contributed by atoms with Crippen molar-refractivity contribution in [1.82, 2.24) is 19.1 Å². The fraction of sp³-hybridized carbons (Fsp3) is 0.152. The molecule has 0 unspecified atom stereocenters. The first-order valence-electron chi connectivity index (χ1n) is 13.9. The molecule has 216 valence electrons. The molecule has 0 bridgehead atoms. The average molecular weight is 624 g/mol. The van der Waals surface area contributed by atoms with E-state index in [0.29, 0.717) is 20.6 Å². The maximum Gasteiger partial charge on any atom is 0.296 e. The van der Waals surface area contributed by atoms with Crippen LogP contribution >= 0.6 is 35.7 Å². The van der Waals surface area contributed by atoms with Crippen LogP contribution in [0.25, 0.3) is 28.7 Å². The second-order valence-corrected chi connectivity index (χ2v) is 12.9. The molecule has 1 saturated heterocycles. The lowest BCUT2D eigenvalue weighted by atomic mass is 10.1. The maximum absolute atomic E-state index is 13.9. The van der Waals surface area contributed by atoms with Gasteiger partial charge in [0.05, 0.1) is 27.7 Å². The summed E-state index contributed by atoms with van der Waals surface area (Å²) >= 11 is 8.70. The van der Waals surface area contributed by atoms with Crippen LogP contribution < -0.4 is 10.5 Å². The first kappa shape index (κ1) is 29.0. The molecule has 10 heteroatoms. The molecule has 0 spiro atoms. The zero-order valence-electron chi connectivity index (χ0n) is 23.9. The number of nitrogens with zero attached hydrogens (tertiary/aromatic N) is 5. The van der Waals surface area contributed by atoms with Crippen molar-refractivity contribution in [3.05, 3.63) is 118 Å². The number of carbonyl (C=O) groups is 1. The molecule has 0 saturated carbocycles. The number of hydrogen-bond acceptors (Lipinski definition) is 6. The summed E-state index contributed by atoms with van der Waals surface area (Å²) in [6.07, 6.45) is 4.86. The predicted molar refractivity (Wildman–Crippen MR) is 181 cm³/mol. The van der Waals surface area contributed by atoms with Crippen LogP contribution in [0.1, 0.15) is 24.6 Å². The summed E-state index contributed by atoms with van der Waals surface area (Å²) in [5.41, 5.74) is 4.70. The van der Waals surface area contributed by atoms with Gasteiger partial charge in [-0.1, -0.05) is 79.4 Å². The Morgan fingerprint density at radius 1 is 0.930 bits per heavy atom. The third-order valence-electron chi connectivity index (χ3n) is 7.19. The van der Waals surface area contributed by atoms with Gasteiger partial charge >= 0.3 is 0 Å². The van der Waals surface area contributed by atoms with Crippen LogP contribution in [-0.4, -0.2) is 35.1 Å². The molecule has 5 aromatic rings. The van der Waals surface area contributed by atoms with Crippen LogP contribution in [0.5, 0.6) is 0 Å². The fourth-order valence-corrected chi connectivity index (χ4v) is 7.00. The van der Waals surface area contributed by atoms with Crippen molar-refractivity contribution in [3.8, 4) is 22.6 Å². The van der Waals surface area contributed by atoms with Crippen LogP contribution in [0.4, 0.5) is 5.69 Å². The molecule has 0 atom stereocenters. The summed E-state index contributed by atoms with van der Waals surface area (Å²) in [6, 6.07) is 27.6. The van der Waals surface area contributed by atoms with Crippen LogP contribution in [-0.2, 0) is 11.8 Å². The zero-order chi connectivity index (χ0) is 30.1. The van der Waals surface area contributed by atoms with E-state index in [4.69, 9.17) is 17.3 Å². The van der Waals surface area contributed by atoms with Crippen LogP contribution in [0.3, 0.4) is 0 Å². The number of thiocarbonyl (C=S) groups is 1. The van der Waals surface area contributed by atoms with Gasteiger partial charge < -0.3 is 0 Å². The quantitative estimate of drug-likeness (QED) is 0.103. The van der Waals surface area contributed by atoms with Crippen LogP contribution in [0.15, 0.2) is 106 Å². The lowest BCUT2D eigenvalue weighted by Gasteiger charge is -2.12. The molecule has 1 aliphatic rings. The second-order valence-electron chi connectivity index (χ2n) is 10.0. The van der Waals surface area contributed by atoms with Gasteiger partial charge in [-0.2, -0.15) is 5.10 Å². The summed E-state index contributed by atoms with van der Waals surface area (Å²) in [4.78, 5) is 30.6. The highest BCUT2D eigenvalue weighted by molar-refractivity contribution is 8.27. The molecule has 0 N–H and O–H groups in total. The highest BCUT2D eigenvalue weighted by atomic mass is 32.2. The monoisotopic (exact) mass is 623 g/mol. The van der Waals surface area contributed by atoms with Crippen LogP contribution in [0, 0.1) is 6.92 Å². The molecule has 2 aromatic heterocycles. The van der Waals surface area contributed by atoms with Crippen molar-refractivity contribution in [2.24, 2.45) is 7.05 Å². The van der Waals surface area contributed by atoms with Gasteiger partial charge in [0.1, 0.15) is 5.69 Å². The topological polar surface area (TPSA) is 65.1 Å². The highest BCUT2D eigenvalue weighted by Crippen LogP contribution is 2.38. The van der Waals surface area contributed by atoms with E-state index < -0.39 is 0 Å². The summed E-state index contributed by atoms with van der Waals surface area (Å²) < 4.78 is 5.44. The van der Waals surface area contributed by atoms with Gasteiger partial charge in [0.2, 0.25) is 0 Å². The molecule has 1 amide bonds. The van der Waals surface area contributed by atoms with Crippen molar-refractivity contribution in [3.63, 3.8) is 0 Å². The molecule has 3 aromatic carbocycles. The molecule has 1 fully saturated rings. The van der Waals surface area contributed by atoms with Crippen molar-refractivity contribution in [2.75, 3.05) is 10.7 Å². The van der Waals surface area contributed by atoms with Crippen LogP contribution in [0.2, 0.25) is 0 Å². The van der Waals surface area contributed by atoms with Gasteiger partial charge in [-0.15, -0.1) is 11.8 Å². The Kier molecular flexibility index (Phi) is 8.25. The highest BCUT2D eigenvalue weighted by Gasteiger charge is 2.38. The molecular weight excluding hydrogens is 595 g/mol. The average Bonchev–Trinajstić information content (AvgIpc) is 3.64. The minimum Gasteiger partial charge on any atom is -0.283 e. The van der Waals surface area contributed by atoms with E-state index in [1.54, 1.807) is 16.4 Å². The normalized spacial score (nSPS) is 14.3. The van der Waals surface area contributed by atoms with E-state index in [0.717, 1.165) is 34.7 Å². The third-order valence-corrected chi connectivity index (χ3v) is 9.71.